The van der Waals surface area contributed by atoms with Gasteiger partial charge in [0.15, 0.2) is 11.2 Å². The summed E-state index contributed by atoms with van der Waals surface area (Å²) in [7, 11) is 1.62. The highest BCUT2D eigenvalue weighted by molar-refractivity contribution is 5.82. The molecular weight excluding hydrogens is 458 g/mol. The third-order valence-electron chi connectivity index (χ3n) is 6.84. The Bertz CT molecular complexity index is 1550. The van der Waals surface area contributed by atoms with Crippen LogP contribution in [0, 0.1) is 11.8 Å². The van der Waals surface area contributed by atoms with Gasteiger partial charge in [-0.2, -0.15) is 4.98 Å². The van der Waals surface area contributed by atoms with Crippen LogP contribution in [0.4, 0.5) is 5.95 Å². The van der Waals surface area contributed by atoms with Gasteiger partial charge in [0.2, 0.25) is 11.8 Å². The van der Waals surface area contributed by atoms with E-state index in [4.69, 9.17) is 20.4 Å². The van der Waals surface area contributed by atoms with Crippen molar-refractivity contribution in [1.29, 1.82) is 0 Å². The number of imidazole rings is 1. The molecule has 1 aromatic carbocycles. The molecule has 10 nitrogen and oxygen atoms in total. The first-order chi connectivity index (χ1) is 17.2. The number of benzene rings is 1. The van der Waals surface area contributed by atoms with Gasteiger partial charge in [-0.25, -0.2) is 14.4 Å². The maximum atomic E-state index is 13.8. The average Bonchev–Trinajstić information content (AvgIpc) is 3.23. The van der Waals surface area contributed by atoms with E-state index in [2.05, 4.69) is 16.7 Å². The fraction of sp³-hybridized carbons (Fsp3) is 0.462. The topological polar surface area (TPSA) is 113 Å². The molecule has 0 radical (unpaired) electrons. The molecule has 0 saturated carbocycles. The lowest BCUT2D eigenvalue weighted by molar-refractivity contribution is 0.420. The number of hydrogen-bond acceptors (Lipinski definition) is 7. The standard InChI is InChI=1S/C26H31N7O3/c1-5-6-14-32-21-22(28-24(32)31-13-9-10-17(27)15-31)30(4)25(35)33(23(21)34)16-20-29-26(2,3)18-11-7-8-12-19(18)36-20/h7-8,11-12,17H,9-10,13-16,27H2,1-4H3. The summed E-state index contributed by atoms with van der Waals surface area (Å²) in [5, 5.41) is 0. The molecule has 1 unspecified atom stereocenters. The molecule has 4 heterocycles. The lowest BCUT2D eigenvalue weighted by Crippen LogP contribution is -2.44. The van der Waals surface area contributed by atoms with E-state index in [9.17, 15) is 9.59 Å². The van der Waals surface area contributed by atoms with Gasteiger partial charge in [-0.1, -0.05) is 24.1 Å². The summed E-state index contributed by atoms with van der Waals surface area (Å²) in [6, 6.07) is 7.68. The molecule has 1 fully saturated rings. The number of piperidine rings is 1. The molecule has 5 rings (SSSR count). The van der Waals surface area contributed by atoms with E-state index < -0.39 is 16.8 Å². The Kier molecular flexibility index (Phi) is 5.96. The first-order valence-corrected chi connectivity index (χ1v) is 12.2. The summed E-state index contributed by atoms with van der Waals surface area (Å²) in [5.41, 5.74) is 6.33. The zero-order chi connectivity index (χ0) is 25.6. The molecule has 36 heavy (non-hydrogen) atoms. The second-order valence-corrected chi connectivity index (χ2v) is 9.84. The average molecular weight is 490 g/mol. The summed E-state index contributed by atoms with van der Waals surface area (Å²) >= 11 is 0. The number of nitrogens with two attached hydrogens (primary N) is 1. The molecule has 0 bridgehead atoms. The Balaban J connectivity index is 1.64. The molecule has 3 aromatic rings. The summed E-state index contributed by atoms with van der Waals surface area (Å²) in [6.07, 6.45) is 1.87. The number of anilines is 1. The van der Waals surface area contributed by atoms with Crippen molar-refractivity contribution >= 4 is 23.0 Å². The van der Waals surface area contributed by atoms with Crippen LogP contribution in [0.1, 0.15) is 39.2 Å². The number of nitrogens with zero attached hydrogens (tertiary/aromatic N) is 6. The zero-order valence-electron chi connectivity index (χ0n) is 21.1. The minimum atomic E-state index is -0.554. The van der Waals surface area contributed by atoms with Gasteiger partial charge in [0, 0.05) is 31.7 Å². The van der Waals surface area contributed by atoms with Gasteiger partial charge in [0.05, 0.1) is 12.1 Å². The van der Waals surface area contributed by atoms with E-state index in [0.717, 1.165) is 29.5 Å². The molecule has 2 aliphatic heterocycles. The summed E-state index contributed by atoms with van der Waals surface area (Å²) < 4.78 is 10.4. The van der Waals surface area contributed by atoms with Gasteiger partial charge in [-0.05, 0) is 39.7 Å². The largest absolute Gasteiger partial charge is 0.441 e. The van der Waals surface area contributed by atoms with Crippen molar-refractivity contribution in [3.05, 3.63) is 50.7 Å². The van der Waals surface area contributed by atoms with Crippen molar-refractivity contribution in [1.82, 2.24) is 18.7 Å². The predicted octanol–water partition coefficient (Wildman–Crippen LogP) is 1.57. The second-order valence-electron chi connectivity index (χ2n) is 9.84. The molecular formula is C26H31N7O3. The Morgan fingerprint density at radius 2 is 2.00 bits per heavy atom. The van der Waals surface area contributed by atoms with E-state index in [0.29, 0.717) is 35.3 Å². The number of rotatable bonds is 4. The minimum absolute atomic E-state index is 0.0254. The quantitative estimate of drug-likeness (QED) is 0.557. The molecule has 2 N–H and O–H groups in total. The normalized spacial score (nSPS) is 18.8. The second kappa shape index (κ2) is 8.99. The molecule has 0 amide bonds. The van der Waals surface area contributed by atoms with Crippen LogP contribution in [-0.2, 0) is 25.7 Å². The fourth-order valence-electron chi connectivity index (χ4n) is 5.03. The van der Waals surface area contributed by atoms with Crippen molar-refractivity contribution in [2.45, 2.75) is 58.3 Å². The van der Waals surface area contributed by atoms with Crippen molar-refractivity contribution in [3.8, 4) is 17.6 Å². The third-order valence-corrected chi connectivity index (χ3v) is 6.84. The Labute approximate surface area is 209 Å². The van der Waals surface area contributed by atoms with Crippen LogP contribution >= 0.6 is 0 Å². The van der Waals surface area contributed by atoms with Crippen LogP contribution < -0.4 is 26.6 Å². The molecule has 2 aromatic heterocycles. The fourth-order valence-corrected chi connectivity index (χ4v) is 5.03. The van der Waals surface area contributed by atoms with Crippen LogP contribution in [0.5, 0.6) is 5.75 Å². The van der Waals surface area contributed by atoms with Gasteiger partial charge in [-0.3, -0.25) is 13.9 Å². The summed E-state index contributed by atoms with van der Waals surface area (Å²) in [6.45, 7) is 7.30. The number of ether oxygens (including phenoxy) is 1. The van der Waals surface area contributed by atoms with Gasteiger partial charge >= 0.3 is 5.69 Å². The summed E-state index contributed by atoms with van der Waals surface area (Å²) in [4.78, 5) is 38.7. The molecule has 188 valence electrons. The van der Waals surface area contributed by atoms with Crippen molar-refractivity contribution in [2.24, 2.45) is 17.8 Å². The SMILES string of the molecule is CC#CCn1c(N2CCCC(N)C2)nc2c1c(=O)n(CC1=NC(C)(C)c3ccccc3O1)c(=O)n2C. The number of aromatic nitrogens is 4. The van der Waals surface area contributed by atoms with Crippen LogP contribution in [0.15, 0.2) is 38.8 Å². The van der Waals surface area contributed by atoms with Crippen molar-refractivity contribution < 1.29 is 4.74 Å². The molecule has 10 heteroatoms. The van der Waals surface area contributed by atoms with Crippen LogP contribution in [-0.4, -0.2) is 43.7 Å². The van der Waals surface area contributed by atoms with Crippen molar-refractivity contribution in [2.75, 3.05) is 18.0 Å². The third kappa shape index (κ3) is 3.99. The Morgan fingerprint density at radius 3 is 2.75 bits per heavy atom. The molecule has 0 spiro atoms. The number of para-hydroxylation sites is 1. The molecule has 0 aliphatic carbocycles. The van der Waals surface area contributed by atoms with Crippen LogP contribution in [0.2, 0.25) is 0 Å². The maximum Gasteiger partial charge on any atom is 0.332 e. The minimum Gasteiger partial charge on any atom is -0.441 e. The van der Waals surface area contributed by atoms with E-state index in [-0.39, 0.29) is 19.1 Å². The van der Waals surface area contributed by atoms with Gasteiger partial charge < -0.3 is 15.4 Å². The smallest absolute Gasteiger partial charge is 0.332 e. The molecule has 1 atom stereocenters. The number of hydrogen-bond donors (Lipinski definition) is 1. The summed E-state index contributed by atoms with van der Waals surface area (Å²) in [5.74, 6) is 7.53. The Hall–Kier alpha value is -3.84. The maximum absolute atomic E-state index is 13.8. The Morgan fingerprint density at radius 1 is 1.22 bits per heavy atom. The molecule has 1 saturated heterocycles. The van der Waals surface area contributed by atoms with Crippen molar-refractivity contribution in [3.63, 3.8) is 0 Å². The zero-order valence-corrected chi connectivity index (χ0v) is 21.1. The van der Waals surface area contributed by atoms with Gasteiger partial charge in [0.1, 0.15) is 12.3 Å². The van der Waals surface area contributed by atoms with Gasteiger partial charge in [-0.15, -0.1) is 5.92 Å². The first-order valence-electron chi connectivity index (χ1n) is 12.2. The highest BCUT2D eigenvalue weighted by Crippen LogP contribution is 2.36. The predicted molar refractivity (Wildman–Crippen MR) is 140 cm³/mol. The van der Waals surface area contributed by atoms with E-state index in [1.54, 1.807) is 18.5 Å². The number of aryl methyl sites for hydroxylation is 1. The first kappa shape index (κ1) is 23.9. The van der Waals surface area contributed by atoms with Crippen LogP contribution in [0.3, 0.4) is 0 Å². The van der Waals surface area contributed by atoms with Crippen LogP contribution in [0.25, 0.3) is 11.2 Å². The highest BCUT2D eigenvalue weighted by Gasteiger charge is 2.31. The lowest BCUT2D eigenvalue weighted by atomic mass is 9.93. The highest BCUT2D eigenvalue weighted by atomic mass is 16.5. The van der Waals surface area contributed by atoms with E-state index >= 15 is 0 Å². The van der Waals surface area contributed by atoms with E-state index in [1.807, 2.05) is 38.1 Å². The number of aliphatic imine (C=N–C) groups is 1. The monoisotopic (exact) mass is 489 g/mol. The number of fused-ring (bicyclic) bond motifs is 2. The van der Waals surface area contributed by atoms with Gasteiger partial charge in [0.25, 0.3) is 5.56 Å². The van der Waals surface area contributed by atoms with E-state index in [1.165, 1.54) is 4.57 Å². The molecule has 2 aliphatic rings. The lowest BCUT2D eigenvalue weighted by Gasteiger charge is -2.31.